The molecule has 3 aliphatic carbocycles. The molecular formula is C27H35NO2. The van der Waals surface area contributed by atoms with Gasteiger partial charge in [0.05, 0.1) is 14.2 Å². The van der Waals surface area contributed by atoms with Gasteiger partial charge in [-0.3, -0.25) is 0 Å². The monoisotopic (exact) mass is 405 g/mol. The van der Waals surface area contributed by atoms with Gasteiger partial charge in [-0.1, -0.05) is 25.1 Å². The molecule has 30 heavy (non-hydrogen) atoms. The molecule has 3 heteroatoms. The van der Waals surface area contributed by atoms with E-state index >= 15 is 0 Å². The van der Waals surface area contributed by atoms with Gasteiger partial charge >= 0.3 is 0 Å². The first kappa shape index (κ1) is 19.9. The van der Waals surface area contributed by atoms with Crippen LogP contribution in [0.15, 0.2) is 42.5 Å². The fraction of sp³-hybridized carbons (Fsp3) is 0.556. The SMILES string of the molecule is COc1ccc(CN[C@@H]2CC[C@H]3[C@@H]4CCc5cc(OC)ccc5[C@H]4CC[C@]23C)cc1. The highest BCUT2D eigenvalue weighted by Crippen LogP contribution is 2.61. The molecule has 0 saturated heterocycles. The number of nitrogens with one attached hydrogen (secondary N) is 1. The van der Waals surface area contributed by atoms with Crippen LogP contribution in [0.2, 0.25) is 0 Å². The van der Waals surface area contributed by atoms with Crippen LogP contribution in [0.25, 0.3) is 0 Å². The molecule has 160 valence electrons. The Morgan fingerprint density at radius 2 is 1.70 bits per heavy atom. The van der Waals surface area contributed by atoms with E-state index in [2.05, 4.69) is 54.7 Å². The van der Waals surface area contributed by atoms with Crippen molar-refractivity contribution in [1.82, 2.24) is 5.32 Å². The number of rotatable bonds is 5. The van der Waals surface area contributed by atoms with E-state index in [1.165, 1.54) is 49.7 Å². The highest BCUT2D eigenvalue weighted by molar-refractivity contribution is 5.40. The van der Waals surface area contributed by atoms with Crippen molar-refractivity contribution >= 4 is 0 Å². The van der Waals surface area contributed by atoms with E-state index < -0.39 is 0 Å². The van der Waals surface area contributed by atoms with E-state index in [1.54, 1.807) is 19.8 Å². The first-order chi connectivity index (χ1) is 14.6. The molecule has 5 atom stereocenters. The van der Waals surface area contributed by atoms with E-state index in [0.717, 1.165) is 35.8 Å². The minimum Gasteiger partial charge on any atom is -0.497 e. The maximum atomic E-state index is 5.48. The van der Waals surface area contributed by atoms with Gasteiger partial charge in [0, 0.05) is 12.6 Å². The molecule has 0 bridgehead atoms. The summed E-state index contributed by atoms with van der Waals surface area (Å²) in [6, 6.07) is 15.9. The molecule has 2 aromatic rings. The summed E-state index contributed by atoms with van der Waals surface area (Å²) in [7, 11) is 3.50. The van der Waals surface area contributed by atoms with Crippen LogP contribution in [-0.4, -0.2) is 20.3 Å². The van der Waals surface area contributed by atoms with Crippen LogP contribution in [0.3, 0.4) is 0 Å². The Hall–Kier alpha value is -2.00. The number of fused-ring (bicyclic) bond motifs is 5. The number of methoxy groups -OCH3 is 2. The Kier molecular flexibility index (Phi) is 5.26. The molecule has 0 spiro atoms. The molecule has 0 radical (unpaired) electrons. The van der Waals surface area contributed by atoms with Crippen LogP contribution in [0.4, 0.5) is 0 Å². The van der Waals surface area contributed by atoms with Gasteiger partial charge in [-0.05, 0) is 103 Å². The van der Waals surface area contributed by atoms with E-state index in [1.807, 2.05) is 0 Å². The lowest BCUT2D eigenvalue weighted by Gasteiger charge is -2.51. The Balaban J connectivity index is 1.30. The predicted molar refractivity (Wildman–Crippen MR) is 121 cm³/mol. The molecule has 0 heterocycles. The van der Waals surface area contributed by atoms with Crippen molar-refractivity contribution in [3.8, 4) is 11.5 Å². The third-order valence-corrected chi connectivity index (χ3v) is 8.65. The van der Waals surface area contributed by atoms with E-state index in [9.17, 15) is 0 Å². The highest BCUT2D eigenvalue weighted by atomic mass is 16.5. The zero-order valence-electron chi connectivity index (χ0n) is 18.6. The minimum absolute atomic E-state index is 0.428. The summed E-state index contributed by atoms with van der Waals surface area (Å²) in [6.07, 6.45) is 7.92. The number of hydrogen-bond acceptors (Lipinski definition) is 3. The molecule has 0 amide bonds. The van der Waals surface area contributed by atoms with Crippen molar-refractivity contribution in [3.63, 3.8) is 0 Å². The number of benzene rings is 2. The predicted octanol–water partition coefficient (Wildman–Crippen LogP) is 5.72. The normalized spacial score (nSPS) is 32.1. The minimum atomic E-state index is 0.428. The van der Waals surface area contributed by atoms with Crippen LogP contribution < -0.4 is 14.8 Å². The van der Waals surface area contributed by atoms with Gasteiger partial charge < -0.3 is 14.8 Å². The fourth-order valence-electron chi connectivity index (χ4n) is 7.01. The lowest BCUT2D eigenvalue weighted by molar-refractivity contribution is 0.0408. The van der Waals surface area contributed by atoms with Gasteiger partial charge in [-0.2, -0.15) is 0 Å². The second kappa shape index (κ2) is 7.92. The van der Waals surface area contributed by atoms with Crippen molar-refractivity contribution in [3.05, 3.63) is 59.2 Å². The molecule has 2 fully saturated rings. The molecule has 1 N–H and O–H groups in total. The Morgan fingerprint density at radius 1 is 0.933 bits per heavy atom. The van der Waals surface area contributed by atoms with Crippen molar-refractivity contribution in [2.45, 2.75) is 64.0 Å². The van der Waals surface area contributed by atoms with E-state index in [0.29, 0.717) is 11.5 Å². The van der Waals surface area contributed by atoms with Gasteiger partial charge in [0.2, 0.25) is 0 Å². The van der Waals surface area contributed by atoms with Crippen LogP contribution in [0.1, 0.15) is 61.6 Å². The van der Waals surface area contributed by atoms with Crippen LogP contribution in [0.5, 0.6) is 11.5 Å². The summed E-state index contributed by atoms with van der Waals surface area (Å²) in [5.74, 6) is 4.38. The summed E-state index contributed by atoms with van der Waals surface area (Å²) < 4.78 is 10.8. The van der Waals surface area contributed by atoms with Crippen LogP contribution >= 0.6 is 0 Å². The summed E-state index contributed by atoms with van der Waals surface area (Å²) >= 11 is 0. The second-order valence-corrected chi connectivity index (χ2v) is 9.88. The molecule has 3 nitrogen and oxygen atoms in total. The van der Waals surface area contributed by atoms with Gasteiger partial charge in [0.15, 0.2) is 0 Å². The summed E-state index contributed by atoms with van der Waals surface area (Å²) in [5, 5.41) is 3.95. The third kappa shape index (κ3) is 3.32. The topological polar surface area (TPSA) is 30.5 Å². The van der Waals surface area contributed by atoms with Crippen molar-refractivity contribution in [1.29, 1.82) is 0 Å². The average Bonchev–Trinajstić information content (AvgIpc) is 3.13. The number of hydrogen-bond donors (Lipinski definition) is 1. The molecule has 2 aromatic carbocycles. The lowest BCUT2D eigenvalue weighted by atomic mass is 9.55. The Bertz CT molecular complexity index is 892. The summed E-state index contributed by atoms with van der Waals surface area (Å²) in [4.78, 5) is 0. The molecule has 2 saturated carbocycles. The second-order valence-electron chi connectivity index (χ2n) is 9.88. The smallest absolute Gasteiger partial charge is 0.119 e. The zero-order chi connectivity index (χ0) is 20.7. The Morgan fingerprint density at radius 3 is 2.47 bits per heavy atom. The number of aryl methyl sites for hydroxylation is 1. The number of ether oxygens (including phenoxy) is 2. The molecule has 0 aromatic heterocycles. The van der Waals surface area contributed by atoms with Gasteiger partial charge in [-0.25, -0.2) is 0 Å². The van der Waals surface area contributed by atoms with Crippen molar-refractivity contribution in [2.75, 3.05) is 14.2 Å². The fourth-order valence-corrected chi connectivity index (χ4v) is 7.01. The summed E-state index contributed by atoms with van der Waals surface area (Å²) in [6.45, 7) is 3.53. The van der Waals surface area contributed by atoms with E-state index in [-0.39, 0.29) is 0 Å². The van der Waals surface area contributed by atoms with Gasteiger partial charge in [0.1, 0.15) is 11.5 Å². The average molecular weight is 406 g/mol. The maximum absolute atomic E-state index is 5.48. The first-order valence-electron chi connectivity index (χ1n) is 11.7. The van der Waals surface area contributed by atoms with Crippen LogP contribution in [-0.2, 0) is 13.0 Å². The molecule has 3 aliphatic rings. The van der Waals surface area contributed by atoms with Crippen LogP contribution in [0, 0.1) is 17.3 Å². The molecule has 5 rings (SSSR count). The first-order valence-corrected chi connectivity index (χ1v) is 11.7. The standard InChI is InChI=1S/C27H35NO2/c1-27-15-14-23-22-11-9-21(30-3)16-19(22)6-10-24(23)25(27)12-13-26(27)28-17-18-4-7-20(29-2)8-5-18/h4-5,7-9,11,16,23-26,28H,6,10,12-15,17H2,1-3H3/t23-,24-,25+,26-,27+/m1/s1. The largest absolute Gasteiger partial charge is 0.497 e. The Labute approximate surface area is 181 Å². The van der Waals surface area contributed by atoms with E-state index in [4.69, 9.17) is 9.47 Å². The van der Waals surface area contributed by atoms with Crippen molar-refractivity contribution in [2.24, 2.45) is 17.3 Å². The summed E-state index contributed by atoms with van der Waals surface area (Å²) in [5.41, 5.74) is 4.92. The van der Waals surface area contributed by atoms with Gasteiger partial charge in [-0.15, -0.1) is 0 Å². The molecule has 0 unspecified atom stereocenters. The van der Waals surface area contributed by atoms with Gasteiger partial charge in [0.25, 0.3) is 0 Å². The van der Waals surface area contributed by atoms with Crippen molar-refractivity contribution < 1.29 is 9.47 Å². The maximum Gasteiger partial charge on any atom is 0.119 e. The lowest BCUT2D eigenvalue weighted by Crippen LogP contribution is -2.48. The molecule has 0 aliphatic heterocycles. The molecular weight excluding hydrogens is 370 g/mol. The third-order valence-electron chi connectivity index (χ3n) is 8.65. The highest BCUT2D eigenvalue weighted by Gasteiger charge is 2.54. The quantitative estimate of drug-likeness (QED) is 0.690. The zero-order valence-corrected chi connectivity index (χ0v) is 18.6.